The molecule has 16 heavy (non-hydrogen) atoms. The van der Waals surface area contributed by atoms with Crippen LogP contribution in [0, 0.1) is 0 Å². The molecule has 0 aromatic carbocycles. The maximum absolute atomic E-state index is 5.64. The second kappa shape index (κ2) is 5.03. The number of rotatable bonds is 5. The van der Waals surface area contributed by atoms with Gasteiger partial charge in [0.25, 0.3) is 0 Å². The number of hydrogen-bond donors (Lipinski definition) is 1. The van der Waals surface area contributed by atoms with Gasteiger partial charge in [0.05, 0.1) is 6.10 Å². The Morgan fingerprint density at radius 2 is 2.12 bits per heavy atom. The minimum Gasteiger partial charge on any atom is -0.378 e. The summed E-state index contributed by atoms with van der Waals surface area (Å²) in [7, 11) is 0. The van der Waals surface area contributed by atoms with Crippen LogP contribution in [-0.2, 0) is 4.74 Å². The van der Waals surface area contributed by atoms with E-state index >= 15 is 0 Å². The molecule has 0 radical (unpaired) electrons. The van der Waals surface area contributed by atoms with Crippen LogP contribution in [0.15, 0.2) is 0 Å². The van der Waals surface area contributed by atoms with Crippen molar-refractivity contribution >= 4 is 0 Å². The lowest BCUT2D eigenvalue weighted by Gasteiger charge is -2.16. The minimum absolute atomic E-state index is 0.549. The van der Waals surface area contributed by atoms with Gasteiger partial charge in [-0.05, 0) is 45.1 Å². The van der Waals surface area contributed by atoms with E-state index in [1.165, 1.54) is 51.6 Å². The second-order valence-corrected chi connectivity index (χ2v) is 5.59. The molecule has 3 nitrogen and oxygen atoms in total. The van der Waals surface area contributed by atoms with Crippen LogP contribution in [0.4, 0.5) is 0 Å². The van der Waals surface area contributed by atoms with Gasteiger partial charge >= 0.3 is 0 Å². The molecule has 2 aliphatic heterocycles. The van der Waals surface area contributed by atoms with E-state index in [-0.39, 0.29) is 0 Å². The van der Waals surface area contributed by atoms with Gasteiger partial charge in [0, 0.05) is 31.8 Å². The zero-order chi connectivity index (χ0) is 10.8. The Labute approximate surface area is 98.5 Å². The summed E-state index contributed by atoms with van der Waals surface area (Å²) in [6.07, 6.45) is 8.55. The Morgan fingerprint density at radius 1 is 1.19 bits per heavy atom. The molecule has 3 aliphatic rings. The highest BCUT2D eigenvalue weighted by Gasteiger charge is 2.34. The van der Waals surface area contributed by atoms with Crippen molar-refractivity contribution in [2.75, 3.05) is 26.2 Å². The standard InChI is InChI=1S/C13H24N2O/c1-2-13(16-9-1)5-7-14-11-6-8-15(10-11)12-3-4-12/h11-14H,1-10H2. The van der Waals surface area contributed by atoms with E-state index < -0.39 is 0 Å². The first-order chi connectivity index (χ1) is 7.92. The van der Waals surface area contributed by atoms with E-state index in [1.807, 2.05) is 0 Å². The van der Waals surface area contributed by atoms with Crippen molar-refractivity contribution in [3.63, 3.8) is 0 Å². The van der Waals surface area contributed by atoms with Gasteiger partial charge in [-0.3, -0.25) is 4.90 Å². The van der Waals surface area contributed by atoms with Crippen LogP contribution < -0.4 is 5.32 Å². The van der Waals surface area contributed by atoms with Crippen LogP contribution in [0.5, 0.6) is 0 Å². The van der Waals surface area contributed by atoms with E-state index in [9.17, 15) is 0 Å². The van der Waals surface area contributed by atoms with Gasteiger partial charge in [-0.15, -0.1) is 0 Å². The summed E-state index contributed by atoms with van der Waals surface area (Å²) in [5.74, 6) is 0. The van der Waals surface area contributed by atoms with Crippen LogP contribution >= 0.6 is 0 Å². The van der Waals surface area contributed by atoms with Crippen molar-refractivity contribution in [3.05, 3.63) is 0 Å². The topological polar surface area (TPSA) is 24.5 Å². The van der Waals surface area contributed by atoms with Crippen molar-refractivity contribution in [3.8, 4) is 0 Å². The highest BCUT2D eigenvalue weighted by Crippen LogP contribution is 2.29. The number of nitrogens with zero attached hydrogens (tertiary/aromatic N) is 1. The molecule has 92 valence electrons. The van der Waals surface area contributed by atoms with E-state index in [2.05, 4.69) is 10.2 Å². The van der Waals surface area contributed by atoms with Gasteiger partial charge in [0.2, 0.25) is 0 Å². The molecule has 0 amide bonds. The molecule has 2 unspecified atom stereocenters. The molecule has 2 heterocycles. The van der Waals surface area contributed by atoms with E-state index in [0.29, 0.717) is 6.10 Å². The molecule has 1 saturated carbocycles. The first-order valence-electron chi connectivity index (χ1n) is 7.01. The van der Waals surface area contributed by atoms with Gasteiger partial charge in [-0.2, -0.15) is 0 Å². The van der Waals surface area contributed by atoms with Gasteiger partial charge in [-0.1, -0.05) is 0 Å². The van der Waals surface area contributed by atoms with E-state index in [0.717, 1.165) is 25.2 Å². The van der Waals surface area contributed by atoms with Crippen molar-refractivity contribution in [2.24, 2.45) is 0 Å². The van der Waals surface area contributed by atoms with Gasteiger partial charge < -0.3 is 10.1 Å². The fourth-order valence-electron chi connectivity index (χ4n) is 3.05. The summed E-state index contributed by atoms with van der Waals surface area (Å²) >= 11 is 0. The largest absolute Gasteiger partial charge is 0.378 e. The average Bonchev–Trinajstić information content (AvgIpc) is 2.83. The maximum Gasteiger partial charge on any atom is 0.0588 e. The average molecular weight is 224 g/mol. The molecule has 0 aromatic rings. The van der Waals surface area contributed by atoms with Crippen LogP contribution in [0.2, 0.25) is 0 Å². The van der Waals surface area contributed by atoms with Gasteiger partial charge in [0.1, 0.15) is 0 Å². The van der Waals surface area contributed by atoms with Gasteiger partial charge in [0.15, 0.2) is 0 Å². The monoisotopic (exact) mass is 224 g/mol. The minimum atomic E-state index is 0.549. The molecule has 1 N–H and O–H groups in total. The summed E-state index contributed by atoms with van der Waals surface area (Å²) in [5, 5.41) is 3.70. The molecular weight excluding hydrogens is 200 g/mol. The number of nitrogens with one attached hydrogen (secondary N) is 1. The predicted molar refractivity (Wildman–Crippen MR) is 64.6 cm³/mol. The Bertz CT molecular complexity index is 224. The van der Waals surface area contributed by atoms with Crippen molar-refractivity contribution in [2.45, 2.75) is 56.7 Å². The first kappa shape index (κ1) is 11.0. The van der Waals surface area contributed by atoms with Crippen molar-refractivity contribution in [1.82, 2.24) is 10.2 Å². The third-order valence-electron chi connectivity index (χ3n) is 4.21. The molecule has 2 atom stereocenters. The summed E-state index contributed by atoms with van der Waals surface area (Å²) in [4.78, 5) is 2.67. The predicted octanol–water partition coefficient (Wildman–Crippen LogP) is 1.38. The molecule has 3 rings (SSSR count). The first-order valence-corrected chi connectivity index (χ1v) is 7.01. The van der Waals surface area contributed by atoms with Gasteiger partial charge in [-0.25, -0.2) is 0 Å². The highest BCUT2D eigenvalue weighted by atomic mass is 16.5. The van der Waals surface area contributed by atoms with Crippen LogP contribution in [0.25, 0.3) is 0 Å². The molecule has 0 aromatic heterocycles. The normalized spacial score (nSPS) is 36.0. The third kappa shape index (κ3) is 2.76. The van der Waals surface area contributed by atoms with Crippen LogP contribution in [0.1, 0.15) is 38.5 Å². The molecule has 3 heteroatoms. The number of likely N-dealkylation sites (tertiary alicyclic amines) is 1. The zero-order valence-electron chi connectivity index (χ0n) is 10.2. The molecule has 2 saturated heterocycles. The fraction of sp³-hybridized carbons (Fsp3) is 1.00. The Hall–Kier alpha value is -0.120. The van der Waals surface area contributed by atoms with Crippen LogP contribution in [-0.4, -0.2) is 49.3 Å². The highest BCUT2D eigenvalue weighted by molar-refractivity contribution is 4.91. The smallest absolute Gasteiger partial charge is 0.0588 e. The summed E-state index contributed by atoms with van der Waals surface area (Å²) in [5.41, 5.74) is 0. The van der Waals surface area contributed by atoms with Crippen molar-refractivity contribution < 1.29 is 4.74 Å². The lowest BCUT2D eigenvalue weighted by molar-refractivity contribution is 0.103. The third-order valence-corrected chi connectivity index (χ3v) is 4.21. The molecule has 0 spiro atoms. The summed E-state index contributed by atoms with van der Waals surface area (Å²) in [6.45, 7) is 4.75. The Morgan fingerprint density at radius 3 is 2.88 bits per heavy atom. The molecule has 1 aliphatic carbocycles. The Kier molecular flexibility index (Phi) is 3.46. The summed E-state index contributed by atoms with van der Waals surface area (Å²) < 4.78 is 5.64. The van der Waals surface area contributed by atoms with Crippen molar-refractivity contribution in [1.29, 1.82) is 0 Å². The molecule has 0 bridgehead atoms. The SMILES string of the molecule is C1COC(CCNC2CCN(C3CC3)C2)C1. The maximum atomic E-state index is 5.64. The molecular formula is C13H24N2O. The van der Waals surface area contributed by atoms with E-state index in [4.69, 9.17) is 4.74 Å². The lowest BCUT2D eigenvalue weighted by atomic mass is 10.1. The zero-order valence-corrected chi connectivity index (χ0v) is 10.2. The van der Waals surface area contributed by atoms with E-state index in [1.54, 1.807) is 0 Å². The fourth-order valence-corrected chi connectivity index (χ4v) is 3.05. The number of ether oxygens (including phenoxy) is 1. The quantitative estimate of drug-likeness (QED) is 0.763. The second-order valence-electron chi connectivity index (χ2n) is 5.59. The lowest BCUT2D eigenvalue weighted by Crippen LogP contribution is -2.34. The summed E-state index contributed by atoms with van der Waals surface area (Å²) in [6, 6.07) is 1.70. The Balaban J connectivity index is 1.30. The molecule has 3 fully saturated rings. The number of hydrogen-bond acceptors (Lipinski definition) is 3. The van der Waals surface area contributed by atoms with Crippen LogP contribution in [0.3, 0.4) is 0 Å².